The highest BCUT2D eigenvalue weighted by atomic mass is 16.2. The minimum atomic E-state index is 0.164. The van der Waals surface area contributed by atoms with Crippen LogP contribution in [0, 0.1) is 6.92 Å². The predicted octanol–water partition coefficient (Wildman–Crippen LogP) is 1.38. The molecule has 1 aliphatic rings. The van der Waals surface area contributed by atoms with Crippen LogP contribution >= 0.6 is 0 Å². The van der Waals surface area contributed by atoms with Gasteiger partial charge in [0.15, 0.2) is 0 Å². The molecule has 2 heterocycles. The molecule has 5 nitrogen and oxygen atoms in total. The van der Waals surface area contributed by atoms with E-state index in [2.05, 4.69) is 22.2 Å². The van der Waals surface area contributed by atoms with Crippen molar-refractivity contribution in [3.63, 3.8) is 0 Å². The lowest BCUT2D eigenvalue weighted by Crippen LogP contribution is -2.28. The number of aryl methyl sites for hydroxylation is 2. The molecule has 1 aliphatic heterocycles. The molecular formula is C13H20N4O. The average Bonchev–Trinajstić information content (AvgIpc) is 2.70. The van der Waals surface area contributed by atoms with E-state index >= 15 is 0 Å². The number of anilines is 1. The molecule has 1 aromatic rings. The number of likely N-dealkylation sites (tertiary alicyclic amines) is 1. The second-order valence-electron chi connectivity index (χ2n) is 4.62. The molecule has 0 saturated carbocycles. The fourth-order valence-electron chi connectivity index (χ4n) is 2.25. The van der Waals surface area contributed by atoms with Crippen molar-refractivity contribution in [2.45, 2.75) is 39.7 Å². The van der Waals surface area contributed by atoms with E-state index in [1.165, 1.54) is 0 Å². The lowest BCUT2D eigenvalue weighted by molar-refractivity contribution is -0.127. The number of rotatable bonds is 4. The maximum Gasteiger partial charge on any atom is 0.224 e. The summed E-state index contributed by atoms with van der Waals surface area (Å²) in [5.41, 5.74) is 1.10. The van der Waals surface area contributed by atoms with Crippen molar-refractivity contribution in [3.05, 3.63) is 17.6 Å². The summed E-state index contributed by atoms with van der Waals surface area (Å²) in [7, 11) is 0. The van der Waals surface area contributed by atoms with E-state index in [1.807, 2.05) is 24.9 Å². The molecule has 2 rings (SSSR count). The highest BCUT2D eigenvalue weighted by Gasteiger charge is 2.28. The topological polar surface area (TPSA) is 58.1 Å². The molecule has 0 aromatic carbocycles. The first-order valence-corrected chi connectivity index (χ1v) is 6.50. The molecule has 1 amide bonds. The van der Waals surface area contributed by atoms with Crippen LogP contribution in [-0.4, -0.2) is 39.9 Å². The largest absolute Gasteiger partial charge is 0.365 e. The molecule has 1 fully saturated rings. The molecule has 1 N–H and O–H groups in total. The van der Waals surface area contributed by atoms with Gasteiger partial charge in [0.05, 0.1) is 6.04 Å². The molecule has 0 bridgehead atoms. The van der Waals surface area contributed by atoms with Gasteiger partial charge in [-0.25, -0.2) is 9.97 Å². The Hall–Kier alpha value is -1.65. The van der Waals surface area contributed by atoms with Crippen molar-refractivity contribution in [3.8, 4) is 0 Å². The van der Waals surface area contributed by atoms with E-state index in [0.29, 0.717) is 6.42 Å². The molecule has 0 unspecified atom stereocenters. The zero-order chi connectivity index (χ0) is 13.1. The molecule has 18 heavy (non-hydrogen) atoms. The van der Waals surface area contributed by atoms with E-state index in [1.54, 1.807) is 0 Å². The molecule has 0 radical (unpaired) electrons. The van der Waals surface area contributed by atoms with Crippen LogP contribution in [0.4, 0.5) is 5.82 Å². The summed E-state index contributed by atoms with van der Waals surface area (Å²) >= 11 is 0. The number of carbonyl (C=O) groups is 1. The number of hydrogen-bond acceptors (Lipinski definition) is 4. The Labute approximate surface area is 108 Å². The third-order valence-corrected chi connectivity index (χ3v) is 3.30. The molecule has 1 aromatic heterocycles. The van der Waals surface area contributed by atoms with Crippen LogP contribution < -0.4 is 5.32 Å². The van der Waals surface area contributed by atoms with Crippen LogP contribution in [0.5, 0.6) is 0 Å². The van der Waals surface area contributed by atoms with E-state index in [0.717, 1.165) is 36.7 Å². The first-order valence-electron chi connectivity index (χ1n) is 6.50. The van der Waals surface area contributed by atoms with E-state index < -0.39 is 0 Å². The number of nitrogens with one attached hydrogen (secondary N) is 1. The van der Waals surface area contributed by atoms with Crippen LogP contribution in [0.3, 0.4) is 0 Å². The fourth-order valence-corrected chi connectivity index (χ4v) is 2.25. The standard InChI is InChI=1S/C13H20N4O/c1-4-10-7-14-9(3)15-13(10)16-11-6-12(18)17(5-2)8-11/h7,11H,4-6,8H2,1-3H3,(H,14,15,16)/t11-/m0/s1. The maximum absolute atomic E-state index is 11.7. The van der Waals surface area contributed by atoms with Crippen molar-refractivity contribution in [1.29, 1.82) is 0 Å². The van der Waals surface area contributed by atoms with Gasteiger partial charge < -0.3 is 10.2 Å². The van der Waals surface area contributed by atoms with Crippen LogP contribution in [-0.2, 0) is 11.2 Å². The minimum Gasteiger partial charge on any atom is -0.365 e. The number of nitrogens with zero attached hydrogens (tertiary/aromatic N) is 3. The van der Waals surface area contributed by atoms with Crippen LogP contribution in [0.15, 0.2) is 6.20 Å². The summed E-state index contributed by atoms with van der Waals surface area (Å²) < 4.78 is 0. The maximum atomic E-state index is 11.7. The summed E-state index contributed by atoms with van der Waals surface area (Å²) in [5, 5.41) is 3.38. The fraction of sp³-hybridized carbons (Fsp3) is 0.615. The van der Waals surface area contributed by atoms with Gasteiger partial charge >= 0.3 is 0 Å². The summed E-state index contributed by atoms with van der Waals surface area (Å²) in [6.07, 6.45) is 3.31. The quantitative estimate of drug-likeness (QED) is 0.874. The van der Waals surface area contributed by atoms with E-state index in [-0.39, 0.29) is 11.9 Å². The third-order valence-electron chi connectivity index (χ3n) is 3.30. The van der Waals surface area contributed by atoms with Gasteiger partial charge in [0, 0.05) is 31.3 Å². The number of amides is 1. The summed E-state index contributed by atoms with van der Waals surface area (Å²) in [4.78, 5) is 22.2. The van der Waals surface area contributed by atoms with Gasteiger partial charge in [-0.05, 0) is 20.3 Å². The number of aromatic nitrogens is 2. The van der Waals surface area contributed by atoms with Gasteiger partial charge in [0.1, 0.15) is 11.6 Å². The monoisotopic (exact) mass is 248 g/mol. The Morgan fingerprint density at radius 3 is 2.89 bits per heavy atom. The van der Waals surface area contributed by atoms with Crippen molar-refractivity contribution in [2.24, 2.45) is 0 Å². The van der Waals surface area contributed by atoms with E-state index in [4.69, 9.17) is 0 Å². The lowest BCUT2D eigenvalue weighted by atomic mass is 10.2. The summed E-state index contributed by atoms with van der Waals surface area (Å²) in [6, 6.07) is 0.164. The highest BCUT2D eigenvalue weighted by molar-refractivity contribution is 5.80. The van der Waals surface area contributed by atoms with Crippen LogP contribution in [0.25, 0.3) is 0 Å². The Kier molecular flexibility index (Phi) is 3.79. The lowest BCUT2D eigenvalue weighted by Gasteiger charge is -2.16. The Bertz CT molecular complexity index is 447. The Morgan fingerprint density at radius 2 is 2.28 bits per heavy atom. The normalized spacial score (nSPS) is 19.4. The summed E-state index contributed by atoms with van der Waals surface area (Å²) in [6.45, 7) is 7.51. The van der Waals surface area contributed by atoms with Gasteiger partial charge in [-0.1, -0.05) is 6.92 Å². The molecule has 5 heteroatoms. The first-order chi connectivity index (χ1) is 8.63. The van der Waals surface area contributed by atoms with E-state index in [9.17, 15) is 4.79 Å². The van der Waals surface area contributed by atoms with Gasteiger partial charge in [0.2, 0.25) is 5.91 Å². The van der Waals surface area contributed by atoms with Gasteiger partial charge in [0.25, 0.3) is 0 Å². The average molecular weight is 248 g/mol. The van der Waals surface area contributed by atoms with Crippen molar-refractivity contribution >= 4 is 11.7 Å². The van der Waals surface area contributed by atoms with Gasteiger partial charge in [-0.3, -0.25) is 4.79 Å². The van der Waals surface area contributed by atoms with Crippen LogP contribution in [0.2, 0.25) is 0 Å². The second kappa shape index (κ2) is 5.33. The molecule has 98 valence electrons. The number of likely N-dealkylation sites (N-methyl/N-ethyl adjacent to an activating group) is 1. The minimum absolute atomic E-state index is 0.164. The van der Waals surface area contributed by atoms with Crippen LogP contribution in [0.1, 0.15) is 31.7 Å². The van der Waals surface area contributed by atoms with Crippen molar-refractivity contribution in [1.82, 2.24) is 14.9 Å². The SMILES string of the molecule is CCc1cnc(C)nc1N[C@H]1CC(=O)N(CC)C1. The number of carbonyl (C=O) groups excluding carboxylic acids is 1. The van der Waals surface area contributed by atoms with Gasteiger partial charge in [-0.2, -0.15) is 0 Å². The smallest absolute Gasteiger partial charge is 0.224 e. The predicted molar refractivity (Wildman–Crippen MR) is 70.4 cm³/mol. The molecule has 1 atom stereocenters. The zero-order valence-electron chi connectivity index (χ0n) is 11.2. The van der Waals surface area contributed by atoms with Gasteiger partial charge in [-0.15, -0.1) is 0 Å². The molecule has 1 saturated heterocycles. The molecule has 0 aliphatic carbocycles. The Balaban J connectivity index is 2.10. The number of hydrogen-bond donors (Lipinski definition) is 1. The second-order valence-corrected chi connectivity index (χ2v) is 4.62. The third kappa shape index (κ3) is 2.60. The van der Waals surface area contributed by atoms with Crippen molar-refractivity contribution in [2.75, 3.05) is 18.4 Å². The zero-order valence-corrected chi connectivity index (χ0v) is 11.2. The Morgan fingerprint density at radius 1 is 1.50 bits per heavy atom. The first kappa shape index (κ1) is 12.8. The molecule has 0 spiro atoms. The molecular weight excluding hydrogens is 228 g/mol. The van der Waals surface area contributed by atoms with Crippen molar-refractivity contribution < 1.29 is 4.79 Å². The highest BCUT2D eigenvalue weighted by Crippen LogP contribution is 2.18. The summed E-state index contributed by atoms with van der Waals surface area (Å²) in [5.74, 6) is 1.85.